The van der Waals surface area contributed by atoms with Gasteiger partial charge in [0.15, 0.2) is 5.78 Å². The summed E-state index contributed by atoms with van der Waals surface area (Å²) in [5, 5.41) is 2.76. The molecule has 0 saturated heterocycles. The lowest BCUT2D eigenvalue weighted by molar-refractivity contribution is -0.116. The van der Waals surface area contributed by atoms with E-state index in [4.69, 9.17) is 9.47 Å². The first-order valence-electron chi connectivity index (χ1n) is 9.27. The van der Waals surface area contributed by atoms with Crippen molar-refractivity contribution in [2.45, 2.75) is 32.6 Å². The number of hydrogen-bond donors (Lipinski definition) is 1. The quantitative estimate of drug-likeness (QED) is 0.490. The molecule has 0 bridgehead atoms. The van der Waals surface area contributed by atoms with Gasteiger partial charge in [-0.25, -0.2) is 4.79 Å². The van der Waals surface area contributed by atoms with E-state index >= 15 is 0 Å². The fourth-order valence-corrected chi connectivity index (χ4v) is 2.52. The van der Waals surface area contributed by atoms with Crippen LogP contribution in [0.15, 0.2) is 48.5 Å². The van der Waals surface area contributed by atoms with Gasteiger partial charge in [-0.15, -0.1) is 0 Å². The number of rotatable bonds is 10. The number of ketones is 1. The first kappa shape index (κ1) is 21.2. The SMILES string of the molecule is CCCOC(=O)c1ccc(NC(=O)CCCC(=O)c2ccc(OC)cc2)cc1. The summed E-state index contributed by atoms with van der Waals surface area (Å²) in [5.41, 5.74) is 1.64. The van der Waals surface area contributed by atoms with Gasteiger partial charge in [0, 0.05) is 24.1 Å². The predicted molar refractivity (Wildman–Crippen MR) is 107 cm³/mol. The summed E-state index contributed by atoms with van der Waals surface area (Å²) in [5.74, 6) is 0.131. The van der Waals surface area contributed by atoms with Crippen molar-refractivity contribution in [2.75, 3.05) is 19.0 Å². The van der Waals surface area contributed by atoms with E-state index in [0.29, 0.717) is 42.0 Å². The van der Waals surface area contributed by atoms with Crippen LogP contribution in [0.5, 0.6) is 5.75 Å². The van der Waals surface area contributed by atoms with Crippen LogP contribution in [0.25, 0.3) is 0 Å². The van der Waals surface area contributed by atoms with Crippen molar-refractivity contribution in [3.63, 3.8) is 0 Å². The molecule has 0 spiro atoms. The molecule has 0 radical (unpaired) electrons. The average molecular weight is 383 g/mol. The summed E-state index contributed by atoms with van der Waals surface area (Å²) in [7, 11) is 1.57. The molecule has 0 heterocycles. The molecule has 2 aromatic rings. The third-order valence-electron chi connectivity index (χ3n) is 4.06. The molecule has 0 atom stereocenters. The molecule has 0 aliphatic rings. The Morgan fingerprint density at radius 2 is 1.54 bits per heavy atom. The van der Waals surface area contributed by atoms with Crippen molar-refractivity contribution in [3.05, 3.63) is 59.7 Å². The van der Waals surface area contributed by atoms with E-state index in [1.807, 2.05) is 6.92 Å². The number of carbonyl (C=O) groups is 3. The summed E-state index contributed by atoms with van der Waals surface area (Å²) in [4.78, 5) is 35.9. The molecule has 6 heteroatoms. The maximum absolute atomic E-state index is 12.1. The van der Waals surface area contributed by atoms with Gasteiger partial charge in [-0.2, -0.15) is 0 Å². The minimum atomic E-state index is -0.378. The first-order valence-corrected chi connectivity index (χ1v) is 9.27. The van der Waals surface area contributed by atoms with Crippen molar-refractivity contribution < 1.29 is 23.9 Å². The number of Topliss-reactive ketones (excluding diaryl/α,β-unsaturated/α-hetero) is 1. The number of anilines is 1. The molecule has 0 unspecified atom stereocenters. The molecule has 1 N–H and O–H groups in total. The number of amides is 1. The maximum atomic E-state index is 12.1. The molecule has 148 valence electrons. The Balaban J connectivity index is 1.75. The van der Waals surface area contributed by atoms with Gasteiger partial charge in [0.05, 0.1) is 19.3 Å². The number of ether oxygens (including phenoxy) is 2. The van der Waals surface area contributed by atoms with Crippen molar-refractivity contribution in [2.24, 2.45) is 0 Å². The number of hydrogen-bond acceptors (Lipinski definition) is 5. The van der Waals surface area contributed by atoms with Crippen molar-refractivity contribution >= 4 is 23.3 Å². The van der Waals surface area contributed by atoms with E-state index in [0.717, 1.165) is 6.42 Å². The zero-order chi connectivity index (χ0) is 20.4. The van der Waals surface area contributed by atoms with Crippen LogP contribution >= 0.6 is 0 Å². The van der Waals surface area contributed by atoms with Gasteiger partial charge in [0.25, 0.3) is 0 Å². The lowest BCUT2D eigenvalue weighted by Gasteiger charge is -2.07. The van der Waals surface area contributed by atoms with Crippen LogP contribution in [0, 0.1) is 0 Å². The number of esters is 1. The van der Waals surface area contributed by atoms with Crippen LogP contribution in [-0.4, -0.2) is 31.4 Å². The van der Waals surface area contributed by atoms with Crippen LogP contribution < -0.4 is 10.1 Å². The number of nitrogens with one attached hydrogen (secondary N) is 1. The molecule has 0 saturated carbocycles. The maximum Gasteiger partial charge on any atom is 0.338 e. The molecule has 0 aliphatic heterocycles. The van der Waals surface area contributed by atoms with Crippen LogP contribution in [-0.2, 0) is 9.53 Å². The molecule has 0 fully saturated rings. The third-order valence-corrected chi connectivity index (χ3v) is 4.06. The van der Waals surface area contributed by atoms with Crippen molar-refractivity contribution in [1.29, 1.82) is 0 Å². The van der Waals surface area contributed by atoms with Crippen molar-refractivity contribution in [1.82, 2.24) is 0 Å². The molecule has 2 aromatic carbocycles. The van der Waals surface area contributed by atoms with Gasteiger partial charge in [-0.05, 0) is 61.4 Å². The highest BCUT2D eigenvalue weighted by atomic mass is 16.5. The van der Waals surface area contributed by atoms with E-state index in [2.05, 4.69) is 5.32 Å². The van der Waals surface area contributed by atoms with Gasteiger partial charge in [0.2, 0.25) is 5.91 Å². The Kier molecular flexibility index (Phi) is 8.21. The van der Waals surface area contributed by atoms with Gasteiger partial charge in [-0.3, -0.25) is 9.59 Å². The number of carbonyl (C=O) groups excluding carboxylic acids is 3. The Labute approximate surface area is 164 Å². The van der Waals surface area contributed by atoms with Crippen LogP contribution in [0.4, 0.5) is 5.69 Å². The van der Waals surface area contributed by atoms with Gasteiger partial charge in [-0.1, -0.05) is 6.92 Å². The zero-order valence-electron chi connectivity index (χ0n) is 16.2. The Morgan fingerprint density at radius 1 is 0.893 bits per heavy atom. The van der Waals surface area contributed by atoms with Gasteiger partial charge in [0.1, 0.15) is 5.75 Å². The molecule has 6 nitrogen and oxygen atoms in total. The highest BCUT2D eigenvalue weighted by molar-refractivity contribution is 5.97. The minimum Gasteiger partial charge on any atom is -0.497 e. The van der Waals surface area contributed by atoms with E-state index in [9.17, 15) is 14.4 Å². The van der Waals surface area contributed by atoms with E-state index in [1.54, 1.807) is 55.6 Å². The fourth-order valence-electron chi connectivity index (χ4n) is 2.52. The minimum absolute atomic E-state index is 0.00889. The molecule has 0 aliphatic carbocycles. The second-order valence-corrected chi connectivity index (χ2v) is 6.27. The highest BCUT2D eigenvalue weighted by Gasteiger charge is 2.10. The first-order chi connectivity index (χ1) is 13.5. The van der Waals surface area contributed by atoms with Gasteiger partial charge >= 0.3 is 5.97 Å². The third kappa shape index (κ3) is 6.54. The molecule has 0 aromatic heterocycles. The summed E-state index contributed by atoms with van der Waals surface area (Å²) in [6.45, 7) is 2.31. The summed E-state index contributed by atoms with van der Waals surface area (Å²) >= 11 is 0. The number of benzene rings is 2. The van der Waals surface area contributed by atoms with Gasteiger partial charge < -0.3 is 14.8 Å². The van der Waals surface area contributed by atoms with Crippen LogP contribution in [0.3, 0.4) is 0 Å². The number of methoxy groups -OCH3 is 1. The topological polar surface area (TPSA) is 81.7 Å². The lowest BCUT2D eigenvalue weighted by atomic mass is 10.1. The fraction of sp³-hybridized carbons (Fsp3) is 0.318. The Hall–Kier alpha value is -3.15. The smallest absolute Gasteiger partial charge is 0.338 e. The highest BCUT2D eigenvalue weighted by Crippen LogP contribution is 2.15. The van der Waals surface area contributed by atoms with E-state index < -0.39 is 0 Å². The van der Waals surface area contributed by atoms with E-state index in [-0.39, 0.29) is 24.1 Å². The van der Waals surface area contributed by atoms with Crippen LogP contribution in [0.1, 0.15) is 53.3 Å². The summed E-state index contributed by atoms with van der Waals surface area (Å²) in [6.07, 6.45) is 1.75. The second kappa shape index (κ2) is 10.9. The van der Waals surface area contributed by atoms with E-state index in [1.165, 1.54) is 0 Å². The second-order valence-electron chi connectivity index (χ2n) is 6.27. The molecular formula is C22H25NO5. The predicted octanol–water partition coefficient (Wildman–Crippen LogP) is 4.25. The summed E-state index contributed by atoms with van der Waals surface area (Å²) < 4.78 is 10.1. The van der Waals surface area contributed by atoms with Crippen LogP contribution in [0.2, 0.25) is 0 Å². The Bertz CT molecular complexity index is 797. The molecular weight excluding hydrogens is 358 g/mol. The monoisotopic (exact) mass is 383 g/mol. The average Bonchev–Trinajstić information content (AvgIpc) is 2.72. The lowest BCUT2D eigenvalue weighted by Crippen LogP contribution is -2.12. The largest absolute Gasteiger partial charge is 0.497 e. The molecule has 1 amide bonds. The zero-order valence-corrected chi connectivity index (χ0v) is 16.2. The molecule has 28 heavy (non-hydrogen) atoms. The molecule has 2 rings (SSSR count). The summed E-state index contributed by atoms with van der Waals surface area (Å²) in [6, 6.07) is 13.4. The normalized spacial score (nSPS) is 10.2. The standard InChI is InChI=1S/C22H25NO5/c1-3-15-28-22(26)17-7-11-18(12-8-17)23-21(25)6-4-5-20(24)16-9-13-19(27-2)14-10-16/h7-14H,3-6,15H2,1-2H3,(H,23,25). The Morgan fingerprint density at radius 3 is 2.14 bits per heavy atom. The van der Waals surface area contributed by atoms with Crippen molar-refractivity contribution in [3.8, 4) is 5.75 Å².